The number of benzene rings is 3. The molecule has 2 heterocycles. The van der Waals surface area contributed by atoms with Crippen LogP contribution in [0.1, 0.15) is 11.6 Å². The monoisotopic (exact) mass is 418 g/mol. The van der Waals surface area contributed by atoms with Crippen LogP contribution in [0.2, 0.25) is 0 Å². The number of halogens is 1. The molecule has 3 unspecified atom stereocenters. The molecule has 3 aromatic carbocycles. The summed E-state index contributed by atoms with van der Waals surface area (Å²) in [5, 5.41) is 1.63. The molecule has 5 rings (SSSR count). The summed E-state index contributed by atoms with van der Waals surface area (Å²) in [6.45, 7) is 0. The molecule has 0 bridgehead atoms. The lowest BCUT2D eigenvalue weighted by Crippen LogP contribution is -2.37. The van der Waals surface area contributed by atoms with Crippen molar-refractivity contribution in [2.45, 2.75) is 12.1 Å². The number of nitrogens with zero attached hydrogens (tertiary/aromatic N) is 2. The van der Waals surface area contributed by atoms with Crippen molar-refractivity contribution in [3.63, 3.8) is 0 Å². The molecule has 31 heavy (non-hydrogen) atoms. The lowest BCUT2D eigenvalue weighted by Gasteiger charge is -2.28. The third kappa shape index (κ3) is 3.14. The highest BCUT2D eigenvalue weighted by molar-refractivity contribution is 6.23. The minimum Gasteiger partial charge on any atom is -0.497 e. The van der Waals surface area contributed by atoms with Gasteiger partial charge in [-0.1, -0.05) is 30.3 Å². The molecule has 2 aliphatic rings. The number of rotatable bonds is 4. The molecule has 2 saturated heterocycles. The lowest BCUT2D eigenvalue weighted by atomic mass is 9.90. The van der Waals surface area contributed by atoms with Crippen LogP contribution in [0.5, 0.6) is 5.75 Å². The van der Waals surface area contributed by atoms with Crippen LogP contribution < -0.4 is 14.7 Å². The van der Waals surface area contributed by atoms with Gasteiger partial charge in [0.15, 0.2) is 6.10 Å². The number of carbonyl (C=O) groups excluding carboxylic acids is 2. The number of amides is 2. The number of ether oxygens (including phenoxy) is 1. The molecule has 0 N–H and O–H groups in total. The zero-order valence-corrected chi connectivity index (χ0v) is 16.6. The normalized spacial score (nSPS) is 22.7. The second kappa shape index (κ2) is 7.52. The van der Waals surface area contributed by atoms with Gasteiger partial charge >= 0.3 is 0 Å². The zero-order valence-electron chi connectivity index (χ0n) is 16.6. The molecule has 156 valence electrons. The van der Waals surface area contributed by atoms with Crippen LogP contribution >= 0.6 is 0 Å². The molecule has 0 radical (unpaired) electrons. The maximum absolute atomic E-state index is 13.4. The number of fused-ring (bicyclic) bond motifs is 1. The molecule has 0 aliphatic carbocycles. The van der Waals surface area contributed by atoms with Crippen LogP contribution in [-0.4, -0.2) is 25.0 Å². The van der Waals surface area contributed by atoms with Crippen LogP contribution in [-0.2, 0) is 14.4 Å². The van der Waals surface area contributed by atoms with E-state index in [1.165, 1.54) is 24.3 Å². The summed E-state index contributed by atoms with van der Waals surface area (Å²) in [5.74, 6) is -1.31. The molecule has 0 aromatic heterocycles. The van der Waals surface area contributed by atoms with E-state index in [1.54, 1.807) is 24.3 Å². The van der Waals surface area contributed by atoms with E-state index in [9.17, 15) is 14.0 Å². The highest BCUT2D eigenvalue weighted by atomic mass is 19.1. The highest BCUT2D eigenvalue weighted by Gasteiger charge is 2.60. The van der Waals surface area contributed by atoms with Gasteiger partial charge in [0.05, 0.1) is 24.5 Å². The van der Waals surface area contributed by atoms with E-state index >= 15 is 0 Å². The fourth-order valence-corrected chi connectivity index (χ4v) is 4.20. The Kier molecular flexibility index (Phi) is 4.67. The largest absolute Gasteiger partial charge is 0.497 e. The number of hydrogen-bond donors (Lipinski definition) is 0. The summed E-state index contributed by atoms with van der Waals surface area (Å²) in [6, 6.07) is 21.5. The van der Waals surface area contributed by atoms with E-state index in [1.807, 2.05) is 42.5 Å². The van der Waals surface area contributed by atoms with Crippen molar-refractivity contribution in [3.05, 3.63) is 90.2 Å². The summed E-state index contributed by atoms with van der Waals surface area (Å²) in [4.78, 5) is 33.8. The number of anilines is 2. The first-order valence-electron chi connectivity index (χ1n) is 9.87. The van der Waals surface area contributed by atoms with E-state index in [0.29, 0.717) is 17.1 Å². The molecule has 2 aliphatic heterocycles. The third-order valence-electron chi connectivity index (χ3n) is 5.67. The van der Waals surface area contributed by atoms with E-state index < -0.39 is 29.8 Å². The van der Waals surface area contributed by atoms with Gasteiger partial charge in [0.1, 0.15) is 17.5 Å². The number of imide groups is 1. The number of carbonyl (C=O) groups is 2. The average Bonchev–Trinajstić information content (AvgIpc) is 3.31. The van der Waals surface area contributed by atoms with Gasteiger partial charge in [-0.15, -0.1) is 0 Å². The van der Waals surface area contributed by atoms with E-state index in [4.69, 9.17) is 9.57 Å². The van der Waals surface area contributed by atoms with Crippen molar-refractivity contribution in [3.8, 4) is 5.75 Å². The standard InChI is InChI=1S/C24H19FN2O4/c1-30-19-13-11-18(12-14-19)27-21(15-5-3-2-4-6-15)20-22(31-27)24(29)26(23(20)28)17-9-7-16(25)8-10-17/h2-14,20-22H,1H3. The molecular formula is C24H19FN2O4. The van der Waals surface area contributed by atoms with Gasteiger partial charge in [0.25, 0.3) is 5.91 Å². The fourth-order valence-electron chi connectivity index (χ4n) is 4.20. The molecule has 7 heteroatoms. The van der Waals surface area contributed by atoms with Crippen LogP contribution in [0.4, 0.5) is 15.8 Å². The minimum absolute atomic E-state index is 0.331. The summed E-state index contributed by atoms with van der Waals surface area (Å²) >= 11 is 0. The topological polar surface area (TPSA) is 59.1 Å². The quantitative estimate of drug-likeness (QED) is 0.602. The first-order chi connectivity index (χ1) is 15.1. The highest BCUT2D eigenvalue weighted by Crippen LogP contribution is 2.47. The molecular weight excluding hydrogens is 399 g/mol. The van der Waals surface area contributed by atoms with Crippen LogP contribution in [0, 0.1) is 11.7 Å². The zero-order chi connectivity index (χ0) is 21.5. The average molecular weight is 418 g/mol. The van der Waals surface area contributed by atoms with Crippen molar-refractivity contribution in [2.24, 2.45) is 5.92 Å². The summed E-state index contributed by atoms with van der Waals surface area (Å²) in [6.07, 6.45) is -0.968. The van der Waals surface area contributed by atoms with Gasteiger partial charge < -0.3 is 4.74 Å². The SMILES string of the molecule is COc1ccc(N2OC3C(=O)N(c4ccc(F)cc4)C(=O)C3C2c2ccccc2)cc1. The smallest absolute Gasteiger partial charge is 0.266 e. The molecule has 3 aromatic rings. The second-order valence-electron chi connectivity index (χ2n) is 7.42. The Balaban J connectivity index is 1.55. The second-order valence-corrected chi connectivity index (χ2v) is 7.42. The Bertz CT molecular complexity index is 1120. The van der Waals surface area contributed by atoms with Crippen LogP contribution in [0.25, 0.3) is 0 Å². The van der Waals surface area contributed by atoms with Crippen molar-refractivity contribution in [1.82, 2.24) is 0 Å². The number of methoxy groups -OCH3 is 1. The van der Waals surface area contributed by atoms with E-state index in [2.05, 4.69) is 0 Å². The summed E-state index contributed by atoms with van der Waals surface area (Å²) < 4.78 is 18.6. The Morgan fingerprint density at radius 2 is 1.48 bits per heavy atom. The van der Waals surface area contributed by atoms with Crippen LogP contribution in [0.3, 0.4) is 0 Å². The maximum atomic E-state index is 13.4. The molecule has 6 nitrogen and oxygen atoms in total. The Labute approximate surface area is 178 Å². The maximum Gasteiger partial charge on any atom is 0.266 e. The predicted octanol–water partition coefficient (Wildman–Crippen LogP) is 3.89. The van der Waals surface area contributed by atoms with Gasteiger partial charge in [-0.2, -0.15) is 0 Å². The number of hydroxylamine groups is 1. The fraction of sp³-hybridized carbons (Fsp3) is 0.167. The summed E-state index contributed by atoms with van der Waals surface area (Å²) in [7, 11) is 1.58. The Hall–Kier alpha value is -3.71. The Morgan fingerprint density at radius 3 is 2.13 bits per heavy atom. The van der Waals surface area contributed by atoms with Gasteiger partial charge in [-0.25, -0.2) is 14.4 Å². The van der Waals surface area contributed by atoms with Gasteiger partial charge in [-0.3, -0.25) is 14.4 Å². The van der Waals surface area contributed by atoms with E-state index in [0.717, 1.165) is 10.5 Å². The first-order valence-corrected chi connectivity index (χ1v) is 9.87. The Morgan fingerprint density at radius 1 is 0.839 bits per heavy atom. The molecule has 0 saturated carbocycles. The van der Waals surface area contributed by atoms with Crippen molar-refractivity contribution >= 4 is 23.2 Å². The van der Waals surface area contributed by atoms with Crippen molar-refractivity contribution < 1.29 is 23.6 Å². The first kappa shape index (κ1) is 19.3. The van der Waals surface area contributed by atoms with Gasteiger partial charge in [0.2, 0.25) is 5.91 Å². The molecule has 2 fully saturated rings. The van der Waals surface area contributed by atoms with Gasteiger partial charge in [-0.05, 0) is 54.1 Å². The minimum atomic E-state index is -0.968. The van der Waals surface area contributed by atoms with Gasteiger partial charge in [0, 0.05) is 0 Å². The molecule has 2 amide bonds. The van der Waals surface area contributed by atoms with Crippen LogP contribution in [0.15, 0.2) is 78.9 Å². The third-order valence-corrected chi connectivity index (χ3v) is 5.67. The predicted molar refractivity (Wildman–Crippen MR) is 112 cm³/mol. The van der Waals surface area contributed by atoms with Crippen molar-refractivity contribution in [2.75, 3.05) is 17.1 Å². The number of hydrogen-bond acceptors (Lipinski definition) is 5. The molecule has 3 atom stereocenters. The molecule has 0 spiro atoms. The lowest BCUT2D eigenvalue weighted by molar-refractivity contribution is -0.126. The summed E-state index contributed by atoms with van der Waals surface area (Å²) in [5.41, 5.74) is 1.89. The van der Waals surface area contributed by atoms with Crippen molar-refractivity contribution in [1.29, 1.82) is 0 Å². The van der Waals surface area contributed by atoms with E-state index in [-0.39, 0.29) is 5.91 Å².